The van der Waals surface area contributed by atoms with Gasteiger partial charge in [-0.1, -0.05) is 17.2 Å². The van der Waals surface area contributed by atoms with E-state index in [1.165, 1.54) is 36.4 Å². The highest BCUT2D eigenvalue weighted by molar-refractivity contribution is 6.28. The van der Waals surface area contributed by atoms with E-state index < -0.39 is 29.6 Å². The predicted octanol–water partition coefficient (Wildman–Crippen LogP) is 1.48. The quantitative estimate of drug-likeness (QED) is 0.767. The van der Waals surface area contributed by atoms with Gasteiger partial charge < -0.3 is 4.84 Å². The van der Waals surface area contributed by atoms with Crippen molar-refractivity contribution in [3.8, 4) is 0 Å². The lowest BCUT2D eigenvalue weighted by atomic mass is 10.1. The van der Waals surface area contributed by atoms with Crippen LogP contribution in [0, 0.1) is 0 Å². The first kappa shape index (κ1) is 16.4. The molecule has 132 valence electrons. The number of carbonyl (C=O) groups excluding carboxylic acids is 5. The Labute approximate surface area is 152 Å². The summed E-state index contributed by atoms with van der Waals surface area (Å²) in [5, 5.41) is 0.415. The first-order valence-electron chi connectivity index (χ1n) is 7.83. The largest absolute Gasteiger partial charge is 0.363 e. The molecular weight excluding hydrogens is 352 g/mol. The third-order valence-electron chi connectivity index (χ3n) is 4.10. The van der Waals surface area contributed by atoms with Crippen LogP contribution < -0.4 is 4.90 Å². The van der Waals surface area contributed by atoms with Crippen molar-refractivity contribution in [3.05, 3.63) is 77.4 Å². The second kappa shape index (κ2) is 6.03. The van der Waals surface area contributed by atoms with Crippen molar-refractivity contribution in [1.82, 2.24) is 5.06 Å². The lowest BCUT2D eigenvalue weighted by Crippen LogP contribution is -2.32. The second-order valence-electron chi connectivity index (χ2n) is 5.72. The SMILES string of the molecule is O=C(ON1C(=O)c2ccccc2C1=O)c1ccc(N2C(=O)C=CC2=O)cc1. The molecule has 2 aromatic carbocycles. The topological polar surface area (TPSA) is 101 Å². The zero-order valence-corrected chi connectivity index (χ0v) is 13.6. The van der Waals surface area contributed by atoms with Crippen molar-refractivity contribution in [2.24, 2.45) is 0 Å². The van der Waals surface area contributed by atoms with Crippen molar-refractivity contribution in [3.63, 3.8) is 0 Å². The number of hydrogen-bond acceptors (Lipinski definition) is 6. The summed E-state index contributed by atoms with van der Waals surface area (Å²) in [5.74, 6) is -3.34. The summed E-state index contributed by atoms with van der Waals surface area (Å²) in [6, 6.07) is 11.6. The molecule has 0 atom stereocenters. The van der Waals surface area contributed by atoms with Crippen LogP contribution in [0.5, 0.6) is 0 Å². The summed E-state index contributed by atoms with van der Waals surface area (Å²) in [6.07, 6.45) is 2.29. The van der Waals surface area contributed by atoms with Crippen LogP contribution in [0.4, 0.5) is 5.69 Å². The van der Waals surface area contributed by atoms with Crippen molar-refractivity contribution < 1.29 is 28.8 Å². The molecule has 0 fully saturated rings. The fraction of sp³-hybridized carbons (Fsp3) is 0. The Morgan fingerprint density at radius 3 is 1.78 bits per heavy atom. The molecular formula is C19H10N2O6. The minimum atomic E-state index is -0.923. The molecule has 2 aliphatic rings. The highest BCUT2D eigenvalue weighted by Crippen LogP contribution is 2.24. The molecule has 8 heteroatoms. The van der Waals surface area contributed by atoms with E-state index in [0.29, 0.717) is 5.06 Å². The predicted molar refractivity (Wildman–Crippen MR) is 90.4 cm³/mol. The minimum Gasteiger partial charge on any atom is -0.324 e. The molecule has 0 saturated carbocycles. The van der Waals surface area contributed by atoms with E-state index in [1.54, 1.807) is 12.1 Å². The van der Waals surface area contributed by atoms with E-state index in [1.807, 2.05) is 0 Å². The van der Waals surface area contributed by atoms with Gasteiger partial charge in [-0.05, 0) is 36.4 Å². The van der Waals surface area contributed by atoms with Crippen molar-refractivity contribution in [2.75, 3.05) is 4.90 Å². The molecule has 0 radical (unpaired) electrons. The number of amides is 4. The number of imide groups is 2. The third-order valence-corrected chi connectivity index (χ3v) is 4.10. The molecule has 0 aliphatic carbocycles. The smallest absolute Gasteiger partial charge is 0.324 e. The zero-order chi connectivity index (χ0) is 19.1. The van der Waals surface area contributed by atoms with Gasteiger partial charge in [-0.15, -0.1) is 0 Å². The second-order valence-corrected chi connectivity index (χ2v) is 5.72. The number of anilines is 1. The lowest BCUT2D eigenvalue weighted by Gasteiger charge is -2.15. The van der Waals surface area contributed by atoms with Gasteiger partial charge in [0.15, 0.2) is 0 Å². The van der Waals surface area contributed by atoms with Crippen LogP contribution in [-0.4, -0.2) is 34.7 Å². The van der Waals surface area contributed by atoms with Gasteiger partial charge in [0.2, 0.25) is 0 Å². The Morgan fingerprint density at radius 2 is 1.26 bits per heavy atom. The fourth-order valence-corrected chi connectivity index (χ4v) is 2.79. The van der Waals surface area contributed by atoms with Crippen molar-refractivity contribution >= 4 is 35.3 Å². The Bertz CT molecular complexity index is 1000. The van der Waals surface area contributed by atoms with E-state index in [2.05, 4.69) is 0 Å². The van der Waals surface area contributed by atoms with Crippen molar-refractivity contribution in [2.45, 2.75) is 0 Å². The van der Waals surface area contributed by atoms with Gasteiger partial charge in [0, 0.05) is 12.2 Å². The molecule has 0 aromatic heterocycles. The molecule has 0 saturated heterocycles. The van der Waals surface area contributed by atoms with Gasteiger partial charge in [-0.2, -0.15) is 0 Å². The fourth-order valence-electron chi connectivity index (χ4n) is 2.79. The van der Waals surface area contributed by atoms with Gasteiger partial charge in [0.05, 0.1) is 22.4 Å². The maximum atomic E-state index is 12.3. The summed E-state index contributed by atoms with van der Waals surface area (Å²) in [7, 11) is 0. The Balaban J connectivity index is 1.51. The highest BCUT2D eigenvalue weighted by atomic mass is 16.7. The number of fused-ring (bicyclic) bond motifs is 1. The molecule has 8 nitrogen and oxygen atoms in total. The standard InChI is InChI=1S/C19H10N2O6/c22-15-9-10-16(23)20(15)12-7-5-11(6-8-12)19(26)27-21-17(24)13-3-1-2-4-14(13)18(21)25/h1-10H. The van der Waals surface area contributed by atoms with Gasteiger partial charge in [-0.25, -0.2) is 9.69 Å². The zero-order valence-electron chi connectivity index (χ0n) is 13.6. The van der Waals surface area contributed by atoms with Crippen LogP contribution in [0.2, 0.25) is 0 Å². The van der Waals surface area contributed by atoms with Gasteiger partial charge >= 0.3 is 5.97 Å². The molecule has 2 aliphatic heterocycles. The summed E-state index contributed by atoms with van der Waals surface area (Å²) in [5.41, 5.74) is 0.642. The molecule has 2 aromatic rings. The van der Waals surface area contributed by atoms with E-state index >= 15 is 0 Å². The summed E-state index contributed by atoms with van der Waals surface area (Å²) in [6.45, 7) is 0. The van der Waals surface area contributed by atoms with Gasteiger partial charge in [0.1, 0.15) is 0 Å². The Morgan fingerprint density at radius 1 is 0.741 bits per heavy atom. The van der Waals surface area contributed by atoms with E-state index in [4.69, 9.17) is 4.84 Å². The summed E-state index contributed by atoms with van der Waals surface area (Å²) < 4.78 is 0. The van der Waals surface area contributed by atoms with Gasteiger partial charge in [0.25, 0.3) is 23.6 Å². The van der Waals surface area contributed by atoms with E-state index in [-0.39, 0.29) is 22.4 Å². The van der Waals surface area contributed by atoms with Crippen LogP contribution in [0.1, 0.15) is 31.1 Å². The highest BCUT2D eigenvalue weighted by Gasteiger charge is 2.38. The molecule has 0 spiro atoms. The van der Waals surface area contributed by atoms with Gasteiger partial charge in [-0.3, -0.25) is 19.2 Å². The molecule has 0 N–H and O–H groups in total. The first-order chi connectivity index (χ1) is 13.0. The maximum absolute atomic E-state index is 12.3. The average Bonchev–Trinajstić information content (AvgIpc) is 3.14. The lowest BCUT2D eigenvalue weighted by molar-refractivity contribution is -0.120. The number of hydroxylamine groups is 2. The summed E-state index contributed by atoms with van der Waals surface area (Å²) in [4.78, 5) is 65.9. The number of rotatable bonds is 3. The van der Waals surface area contributed by atoms with Crippen LogP contribution in [0.15, 0.2) is 60.7 Å². The molecule has 27 heavy (non-hydrogen) atoms. The molecule has 4 amide bonds. The van der Waals surface area contributed by atoms with Crippen LogP contribution in [0.25, 0.3) is 0 Å². The molecule has 4 rings (SSSR count). The monoisotopic (exact) mass is 362 g/mol. The van der Waals surface area contributed by atoms with E-state index in [9.17, 15) is 24.0 Å². The van der Waals surface area contributed by atoms with Crippen LogP contribution in [-0.2, 0) is 14.4 Å². The minimum absolute atomic E-state index is 0.0439. The number of carbonyl (C=O) groups is 5. The molecule has 0 bridgehead atoms. The number of nitrogens with zero attached hydrogens (tertiary/aromatic N) is 2. The number of hydrogen-bond donors (Lipinski definition) is 0. The van der Waals surface area contributed by atoms with Crippen LogP contribution >= 0.6 is 0 Å². The number of benzene rings is 2. The average molecular weight is 362 g/mol. The Kier molecular flexibility index (Phi) is 3.66. The van der Waals surface area contributed by atoms with Crippen LogP contribution in [0.3, 0.4) is 0 Å². The molecule has 0 unspecified atom stereocenters. The van der Waals surface area contributed by atoms with E-state index in [0.717, 1.165) is 17.1 Å². The van der Waals surface area contributed by atoms with Crippen molar-refractivity contribution in [1.29, 1.82) is 0 Å². The maximum Gasteiger partial charge on any atom is 0.363 e. The third kappa shape index (κ3) is 2.60. The Hall–Kier alpha value is -4.07. The first-order valence-corrected chi connectivity index (χ1v) is 7.83. The summed E-state index contributed by atoms with van der Waals surface area (Å²) >= 11 is 0. The normalized spacial score (nSPS) is 15.6. The molecule has 2 heterocycles.